The van der Waals surface area contributed by atoms with Gasteiger partial charge in [-0.05, 0) is 111 Å². The van der Waals surface area contributed by atoms with E-state index in [2.05, 4.69) is 28.2 Å². The Hall–Kier alpha value is -3.11. The molecule has 3 fully saturated rings. The molecule has 2 aromatic rings. The van der Waals surface area contributed by atoms with Crippen molar-refractivity contribution in [1.82, 2.24) is 40.8 Å². The van der Waals surface area contributed by atoms with Crippen LogP contribution in [0.15, 0.2) is 42.4 Å². The summed E-state index contributed by atoms with van der Waals surface area (Å²) in [4.78, 5) is 18.5. The number of likely N-dealkylation sites (N-methyl/N-ethyl adjacent to an activating group) is 2. The minimum Gasteiger partial charge on any atom is -0.459 e. The van der Waals surface area contributed by atoms with Gasteiger partial charge in [-0.15, -0.1) is 10.6 Å². The molecule has 0 saturated carbocycles. The first-order valence-electron chi connectivity index (χ1n) is 28.2. The largest absolute Gasteiger partial charge is 0.459 e. The normalized spacial score (nSPS) is 38.4. The monoisotopic (exact) mass is 1140 g/mol. The molecule has 1 aromatic carbocycles. The van der Waals surface area contributed by atoms with Crippen molar-refractivity contribution < 1.29 is 67.9 Å². The highest BCUT2D eigenvalue weighted by molar-refractivity contribution is 7.98. The lowest BCUT2D eigenvalue weighted by atomic mass is 9.77. The molecule has 23 heteroatoms. The lowest BCUT2D eigenvalue weighted by molar-refractivity contribution is -0.318. The fourth-order valence-corrected chi connectivity index (χ4v) is 12.7. The molecule has 21 nitrogen and oxygen atoms in total. The van der Waals surface area contributed by atoms with Gasteiger partial charge >= 0.3 is 5.97 Å². The van der Waals surface area contributed by atoms with Gasteiger partial charge in [0.2, 0.25) is 0 Å². The number of hydrogen-bond acceptors (Lipinski definition) is 21. The Labute approximate surface area is 472 Å². The number of hydrogen-bond donors (Lipinski definition) is 7. The molecule has 79 heavy (non-hydrogen) atoms. The molecule has 4 aliphatic heterocycles. The van der Waals surface area contributed by atoms with Gasteiger partial charge in [-0.2, -0.15) is 11.8 Å². The van der Waals surface area contributed by atoms with Crippen molar-refractivity contribution in [3.05, 3.63) is 53.6 Å². The second-order valence-electron chi connectivity index (χ2n) is 23.5. The fourth-order valence-electron chi connectivity index (χ4n) is 12.1. The zero-order valence-electron chi connectivity index (χ0n) is 49.3. The highest BCUT2D eigenvalue weighted by atomic mass is 32.2. The van der Waals surface area contributed by atoms with Crippen molar-refractivity contribution in [3.8, 4) is 5.69 Å². The number of carbonyl (C=O) groups is 1. The molecule has 0 radical (unpaired) electrons. The van der Waals surface area contributed by atoms with Gasteiger partial charge in [0.05, 0.1) is 59.1 Å². The maximum atomic E-state index is 15.0. The van der Waals surface area contributed by atoms with E-state index in [9.17, 15) is 30.3 Å². The molecule has 0 aliphatic carbocycles. The Bertz CT molecular complexity index is 2250. The number of rotatable bonds is 19. The number of alkyl halides is 1. The minimum absolute atomic E-state index is 0.0858. The summed E-state index contributed by atoms with van der Waals surface area (Å²) in [7, 11) is 6.80. The number of aliphatic hydroxyl groups excluding tert-OH is 3. The van der Waals surface area contributed by atoms with Crippen LogP contribution < -0.4 is 11.0 Å². The smallest absolute Gasteiger partial charge is 0.311 e. The number of thioether (sulfide) groups is 1. The molecule has 0 bridgehead atoms. The number of methoxy groups -OCH3 is 2. The highest BCUT2D eigenvalue weighted by Crippen LogP contribution is 2.41. The number of halogens is 1. The third kappa shape index (κ3) is 15.4. The van der Waals surface area contributed by atoms with Crippen molar-refractivity contribution in [1.29, 1.82) is 0 Å². The number of nitrogens with one attached hydrogen (secondary N) is 2. The third-order valence-electron chi connectivity index (χ3n) is 17.1. The molecule has 450 valence electrons. The van der Waals surface area contributed by atoms with E-state index in [1.54, 1.807) is 70.1 Å². The Balaban J connectivity index is 1.22. The predicted molar refractivity (Wildman–Crippen MR) is 297 cm³/mol. The summed E-state index contributed by atoms with van der Waals surface area (Å²) in [5.41, 5.74) is 5.00. The van der Waals surface area contributed by atoms with Crippen LogP contribution in [0.1, 0.15) is 126 Å². The van der Waals surface area contributed by atoms with E-state index in [1.807, 2.05) is 81.3 Å². The van der Waals surface area contributed by atoms with Crippen molar-refractivity contribution in [2.24, 2.45) is 17.8 Å². The predicted octanol–water partition coefficient (Wildman–Crippen LogP) is 4.39. The van der Waals surface area contributed by atoms with Gasteiger partial charge in [-0.25, -0.2) is 9.07 Å². The van der Waals surface area contributed by atoms with Gasteiger partial charge < -0.3 is 73.9 Å². The standard InChI is InChI=1S/C56H95FN8O13S/c1-16-44-56(11,71)49(67)36(7)63(13)28-32(3)25-54(9,70)51(34(5)47(35(6)52(69)76-44)77-45-26-55(10,73-15)50(68)37(8)75-45)78-53-46(66)42(24-33(4)74-53)62(12)23-22-39-29-65(61-58-39)43(27-57)48(72-14)38-18-20-41(21-19-38)64-30-40(59-60-64)31-79-17-2/h18-21,29-30,32-37,42-51,53,58,61,66-68,70-71H,16-17,22-28,31H2,1-15H3/t32-,33-,34+,35-,36-,37+,42+,43-,44-,45+,46-,47+,48-,49-,50+,51-,53+,54-,55-,56-/m1/s1. The molecule has 0 spiro atoms. The summed E-state index contributed by atoms with van der Waals surface area (Å²) in [6, 6.07) is 5.84. The van der Waals surface area contributed by atoms with E-state index in [0.29, 0.717) is 25.9 Å². The Morgan fingerprint density at radius 3 is 2.32 bits per heavy atom. The number of aliphatic hydroxyl groups is 5. The van der Waals surface area contributed by atoms with Crippen LogP contribution in [0.2, 0.25) is 0 Å². The molecule has 5 heterocycles. The number of hydrazine groups is 2. The Morgan fingerprint density at radius 1 is 0.987 bits per heavy atom. The minimum atomic E-state index is -1.85. The average molecular weight is 1140 g/mol. The second kappa shape index (κ2) is 28.0. The van der Waals surface area contributed by atoms with E-state index in [1.165, 1.54) is 14.0 Å². The van der Waals surface area contributed by atoms with Crippen molar-refractivity contribution in [2.45, 2.75) is 216 Å². The molecular weight excluding hydrogens is 1040 g/mol. The van der Waals surface area contributed by atoms with E-state index in [4.69, 9.17) is 33.2 Å². The Kier molecular flexibility index (Phi) is 23.0. The van der Waals surface area contributed by atoms with Gasteiger partial charge in [0.15, 0.2) is 12.6 Å². The van der Waals surface area contributed by atoms with Crippen LogP contribution in [0.25, 0.3) is 5.69 Å². The average Bonchev–Trinajstić information content (AvgIpc) is 4.12. The molecule has 4 aliphatic rings. The first-order valence-corrected chi connectivity index (χ1v) is 29.3. The van der Waals surface area contributed by atoms with Crippen molar-refractivity contribution >= 4 is 17.7 Å². The second-order valence-corrected chi connectivity index (χ2v) is 24.8. The number of cyclic esters (lactones) is 1. The molecule has 0 unspecified atom stereocenters. The molecular formula is C56H95FN8O13S. The van der Waals surface area contributed by atoms with Crippen molar-refractivity contribution in [2.75, 3.05) is 53.8 Å². The van der Waals surface area contributed by atoms with Crippen LogP contribution in [-0.2, 0) is 43.7 Å². The zero-order chi connectivity index (χ0) is 58.3. The topological polar surface area (TPSA) is 247 Å². The molecule has 20 atom stereocenters. The number of carbonyl (C=O) groups excluding carboxylic acids is 1. The summed E-state index contributed by atoms with van der Waals surface area (Å²) < 4.78 is 61.1. The van der Waals surface area contributed by atoms with Crippen LogP contribution in [0.5, 0.6) is 0 Å². The van der Waals surface area contributed by atoms with Crippen LogP contribution in [0.3, 0.4) is 0 Å². The molecule has 1 aromatic heterocycles. The van der Waals surface area contributed by atoms with E-state index in [0.717, 1.165) is 34.1 Å². The van der Waals surface area contributed by atoms with Crippen LogP contribution in [0, 0.1) is 17.8 Å². The molecule has 0 amide bonds. The first-order chi connectivity index (χ1) is 37.2. The lowest BCUT2D eigenvalue weighted by Gasteiger charge is -2.49. The zero-order valence-corrected chi connectivity index (χ0v) is 50.1. The highest BCUT2D eigenvalue weighted by Gasteiger charge is 2.53. The van der Waals surface area contributed by atoms with Gasteiger partial charge in [-0.1, -0.05) is 45.0 Å². The van der Waals surface area contributed by atoms with Crippen LogP contribution in [-0.4, -0.2) is 211 Å². The van der Waals surface area contributed by atoms with E-state index < -0.39 is 127 Å². The SMILES string of the molecule is CCSCc1cn(-c2ccc([C@@H](OC)[C@@H](CF)N3C=C(CCN(C)[C@H]4C[C@@H](C)O[C@@H](O[C@@H]5[C@@H](C)[C@H](O[C@H]6C[C@@](C)(OC)[C@@H](O)[C@H](C)O6)[C@@H](C)C(=O)O[C@H](CC)[C@@](C)(O)[C@H](O)[C@@H](C)N(C)C[C@H](C)C[C@@]5(C)O)[C@@H]4O)NN3)cc2)nn1. The van der Waals surface area contributed by atoms with Gasteiger partial charge in [0.1, 0.15) is 48.8 Å². The Morgan fingerprint density at radius 2 is 1.68 bits per heavy atom. The van der Waals surface area contributed by atoms with Crippen LogP contribution in [0.4, 0.5) is 4.39 Å². The number of benzene rings is 1. The number of ether oxygens (including phenoxy) is 7. The van der Waals surface area contributed by atoms with E-state index in [-0.39, 0.29) is 25.2 Å². The fraction of sp³-hybridized carbons (Fsp3) is 0.804. The summed E-state index contributed by atoms with van der Waals surface area (Å²) in [5, 5.41) is 70.2. The maximum absolute atomic E-state index is 15.0. The first kappa shape index (κ1) is 65.0. The lowest BCUT2D eigenvalue weighted by Crippen LogP contribution is -2.61. The van der Waals surface area contributed by atoms with Gasteiger partial charge in [0.25, 0.3) is 0 Å². The van der Waals surface area contributed by atoms with E-state index >= 15 is 4.39 Å². The summed E-state index contributed by atoms with van der Waals surface area (Å²) in [6.45, 7) is 19.7. The summed E-state index contributed by atoms with van der Waals surface area (Å²) in [6.07, 6.45) is -5.81. The third-order valence-corrected chi connectivity index (χ3v) is 18.0. The number of aromatic nitrogens is 3. The molecule has 7 N–H and O–H groups in total. The number of nitrogens with zero attached hydrogens (tertiary/aromatic N) is 6. The summed E-state index contributed by atoms with van der Waals surface area (Å²) >= 11 is 1.77. The van der Waals surface area contributed by atoms with Crippen molar-refractivity contribution in [3.63, 3.8) is 0 Å². The quantitative estimate of drug-likeness (QED) is 0.0965. The molecule has 6 rings (SSSR count). The summed E-state index contributed by atoms with van der Waals surface area (Å²) in [5.74, 6) is -1.10. The van der Waals surface area contributed by atoms with Gasteiger partial charge in [0, 0.05) is 75.8 Å². The van der Waals surface area contributed by atoms with Gasteiger partial charge in [-0.3, -0.25) is 9.80 Å². The number of esters is 1. The maximum Gasteiger partial charge on any atom is 0.311 e. The molecule has 3 saturated heterocycles. The van der Waals surface area contributed by atoms with Crippen LogP contribution >= 0.6 is 11.8 Å².